The number of hydrogen-bond donors (Lipinski definition) is 3. The number of carbonyl (C=O) groups excluding carboxylic acids is 1. The minimum Gasteiger partial charge on any atom is -0.505 e. The van der Waals surface area contributed by atoms with Crippen LogP contribution >= 0.6 is 11.6 Å². The number of phenolic OH excluding ortho intramolecular Hbond substituents is 1. The second-order valence-electron chi connectivity index (χ2n) is 7.72. The van der Waals surface area contributed by atoms with Gasteiger partial charge in [0.2, 0.25) is 0 Å². The minimum atomic E-state index is -4.56. The van der Waals surface area contributed by atoms with Gasteiger partial charge in [0.05, 0.1) is 24.0 Å². The molecule has 0 bridgehead atoms. The van der Waals surface area contributed by atoms with E-state index in [9.17, 15) is 22.9 Å². The van der Waals surface area contributed by atoms with Gasteiger partial charge in [-0.3, -0.25) is 9.35 Å². The molecule has 0 saturated heterocycles. The molecule has 0 aliphatic rings. The van der Waals surface area contributed by atoms with Crippen LogP contribution in [0.15, 0.2) is 81.9 Å². The number of carbonyl (C=O) groups is 1. The molecule has 36 heavy (non-hydrogen) atoms. The summed E-state index contributed by atoms with van der Waals surface area (Å²) in [6.45, 7) is 1.43. The van der Waals surface area contributed by atoms with Crippen molar-refractivity contribution < 1.29 is 27.6 Å². The molecule has 9 nitrogen and oxygen atoms in total. The number of benzene rings is 4. The van der Waals surface area contributed by atoms with Crippen LogP contribution in [0.25, 0.3) is 10.8 Å². The van der Waals surface area contributed by atoms with Crippen LogP contribution in [0.1, 0.15) is 15.9 Å². The molecule has 0 fully saturated rings. The Bertz CT molecular complexity index is 1640. The molecule has 0 aliphatic carbocycles. The van der Waals surface area contributed by atoms with E-state index in [4.69, 9.17) is 16.3 Å². The Morgan fingerprint density at radius 2 is 1.72 bits per heavy atom. The topological polar surface area (TPSA) is 138 Å². The van der Waals surface area contributed by atoms with E-state index in [-0.39, 0.29) is 27.5 Å². The molecule has 1 amide bonds. The molecule has 0 spiro atoms. The fourth-order valence-corrected chi connectivity index (χ4v) is 4.69. The quantitative estimate of drug-likeness (QED) is 0.196. The summed E-state index contributed by atoms with van der Waals surface area (Å²) in [4.78, 5) is 12.7. The molecule has 0 atom stereocenters. The smallest absolute Gasteiger partial charge is 0.294 e. The van der Waals surface area contributed by atoms with Crippen molar-refractivity contribution in [3.63, 3.8) is 0 Å². The number of nitrogens with zero attached hydrogens (tertiary/aromatic N) is 2. The zero-order chi connectivity index (χ0) is 26.0. The van der Waals surface area contributed by atoms with Crippen LogP contribution in [0, 0.1) is 6.92 Å². The summed E-state index contributed by atoms with van der Waals surface area (Å²) in [6, 6.07) is 17.8. The zero-order valence-electron chi connectivity index (χ0n) is 19.1. The van der Waals surface area contributed by atoms with E-state index in [1.54, 1.807) is 48.5 Å². The lowest BCUT2D eigenvalue weighted by Gasteiger charge is -2.13. The predicted octanol–water partition coefficient (Wildman–Crippen LogP) is 6.43. The van der Waals surface area contributed by atoms with Crippen LogP contribution in [0.2, 0.25) is 5.02 Å². The molecular formula is C25H20ClN3O6S. The Balaban J connectivity index is 1.83. The van der Waals surface area contributed by atoms with E-state index in [0.717, 1.165) is 6.07 Å². The van der Waals surface area contributed by atoms with E-state index in [2.05, 4.69) is 15.5 Å². The van der Waals surface area contributed by atoms with E-state index >= 15 is 0 Å². The molecule has 4 rings (SSSR count). The van der Waals surface area contributed by atoms with Crippen LogP contribution in [-0.4, -0.2) is 31.1 Å². The van der Waals surface area contributed by atoms with E-state index in [0.29, 0.717) is 22.2 Å². The Hall–Kier alpha value is -3.99. The molecule has 0 aromatic heterocycles. The highest BCUT2D eigenvalue weighted by atomic mass is 35.5. The molecule has 184 valence electrons. The minimum absolute atomic E-state index is 0.00828. The van der Waals surface area contributed by atoms with Gasteiger partial charge in [0.1, 0.15) is 16.3 Å². The van der Waals surface area contributed by atoms with Gasteiger partial charge >= 0.3 is 0 Å². The number of ether oxygens (including phenoxy) is 1. The summed E-state index contributed by atoms with van der Waals surface area (Å²) in [5.74, 6) is -0.594. The average Bonchev–Trinajstić information content (AvgIpc) is 2.84. The van der Waals surface area contributed by atoms with Crippen LogP contribution < -0.4 is 10.1 Å². The number of hydrogen-bond acceptors (Lipinski definition) is 7. The van der Waals surface area contributed by atoms with Gasteiger partial charge in [-0.25, -0.2) is 0 Å². The van der Waals surface area contributed by atoms with Crippen molar-refractivity contribution in [2.24, 2.45) is 10.2 Å². The normalized spacial score (nSPS) is 11.7. The van der Waals surface area contributed by atoms with Gasteiger partial charge in [0.15, 0.2) is 5.75 Å². The van der Waals surface area contributed by atoms with E-state index in [1.807, 2.05) is 0 Å². The fourth-order valence-electron chi connectivity index (χ4n) is 3.65. The lowest BCUT2D eigenvalue weighted by Crippen LogP contribution is -2.13. The highest BCUT2D eigenvalue weighted by molar-refractivity contribution is 7.85. The van der Waals surface area contributed by atoms with Gasteiger partial charge in [-0.05, 0) is 48.2 Å². The molecule has 11 heteroatoms. The summed E-state index contributed by atoms with van der Waals surface area (Å²) < 4.78 is 38.2. The first-order valence-electron chi connectivity index (χ1n) is 10.5. The number of para-hydroxylation sites is 2. The molecule has 3 N–H and O–H groups in total. The van der Waals surface area contributed by atoms with Crippen molar-refractivity contribution in [3.05, 3.63) is 82.9 Å². The maximum absolute atomic E-state index is 13.1. The van der Waals surface area contributed by atoms with Crippen LogP contribution in [-0.2, 0) is 10.1 Å². The SMILES string of the molecule is COc1ccccc1NC(=O)c1cc2ccccc2c(N=Nc2cc(Cl)cc(S(=O)(=O)O)c2C)c1O. The predicted molar refractivity (Wildman–Crippen MR) is 137 cm³/mol. The van der Waals surface area contributed by atoms with Gasteiger partial charge in [-0.2, -0.15) is 13.5 Å². The molecule has 0 unspecified atom stereocenters. The largest absolute Gasteiger partial charge is 0.505 e. The highest BCUT2D eigenvalue weighted by Gasteiger charge is 2.21. The van der Waals surface area contributed by atoms with Gasteiger partial charge in [-0.15, -0.1) is 5.11 Å². The summed E-state index contributed by atoms with van der Waals surface area (Å²) in [5.41, 5.74) is 0.510. The third-order valence-corrected chi connectivity index (χ3v) is 6.63. The maximum atomic E-state index is 13.1. The monoisotopic (exact) mass is 525 g/mol. The Morgan fingerprint density at radius 3 is 2.44 bits per heavy atom. The number of amides is 1. The van der Waals surface area contributed by atoms with Crippen molar-refractivity contribution in [3.8, 4) is 11.5 Å². The second-order valence-corrected chi connectivity index (χ2v) is 9.55. The second kappa shape index (κ2) is 9.94. The fraction of sp³-hybridized carbons (Fsp3) is 0.0800. The van der Waals surface area contributed by atoms with Crippen molar-refractivity contribution in [2.75, 3.05) is 12.4 Å². The van der Waals surface area contributed by atoms with E-state index in [1.165, 1.54) is 26.2 Å². The molecule has 0 radical (unpaired) electrons. The van der Waals surface area contributed by atoms with E-state index < -0.39 is 26.7 Å². The number of rotatable bonds is 6. The van der Waals surface area contributed by atoms with Gasteiger partial charge in [-0.1, -0.05) is 48.0 Å². The molecule has 0 saturated carbocycles. The number of fused-ring (bicyclic) bond motifs is 1. The Kier molecular flexibility index (Phi) is 6.93. The number of nitrogens with one attached hydrogen (secondary N) is 1. The van der Waals surface area contributed by atoms with Gasteiger partial charge in [0, 0.05) is 10.4 Å². The van der Waals surface area contributed by atoms with Crippen molar-refractivity contribution in [1.82, 2.24) is 0 Å². The molecular weight excluding hydrogens is 506 g/mol. The third kappa shape index (κ3) is 5.01. The van der Waals surface area contributed by atoms with Crippen molar-refractivity contribution >= 4 is 55.5 Å². The average molecular weight is 526 g/mol. The first kappa shape index (κ1) is 25.1. The number of phenols is 1. The van der Waals surface area contributed by atoms with Crippen LogP contribution in [0.5, 0.6) is 11.5 Å². The lowest BCUT2D eigenvalue weighted by atomic mass is 10.0. The molecule has 0 heterocycles. The molecule has 4 aromatic rings. The number of halogens is 1. The van der Waals surface area contributed by atoms with Crippen molar-refractivity contribution in [1.29, 1.82) is 0 Å². The summed E-state index contributed by atoms with van der Waals surface area (Å²) in [6.07, 6.45) is 0. The van der Waals surface area contributed by atoms with Crippen LogP contribution in [0.3, 0.4) is 0 Å². The Labute approximate surface area is 211 Å². The third-order valence-electron chi connectivity index (χ3n) is 5.43. The number of anilines is 1. The number of methoxy groups -OCH3 is 1. The summed E-state index contributed by atoms with van der Waals surface area (Å²) in [7, 11) is -3.08. The van der Waals surface area contributed by atoms with Gasteiger partial charge < -0.3 is 15.2 Å². The van der Waals surface area contributed by atoms with Gasteiger partial charge in [0.25, 0.3) is 16.0 Å². The molecule has 4 aromatic carbocycles. The first-order valence-corrected chi connectivity index (χ1v) is 12.3. The Morgan fingerprint density at radius 1 is 1.03 bits per heavy atom. The zero-order valence-corrected chi connectivity index (χ0v) is 20.6. The summed E-state index contributed by atoms with van der Waals surface area (Å²) >= 11 is 6.01. The highest BCUT2D eigenvalue weighted by Crippen LogP contribution is 2.41. The molecule has 0 aliphatic heterocycles. The summed E-state index contributed by atoms with van der Waals surface area (Å²) in [5, 5.41) is 23.1. The maximum Gasteiger partial charge on any atom is 0.294 e. The number of azo groups is 1. The van der Waals surface area contributed by atoms with Crippen molar-refractivity contribution in [2.45, 2.75) is 11.8 Å². The standard InChI is InChI=1S/C25H20ClN3O6S/c1-14-20(12-16(26)13-22(14)36(32,33)34)28-29-23-17-8-4-3-7-15(17)11-18(24(23)30)25(31)27-19-9-5-6-10-21(19)35-2/h3-13,30H,1-2H3,(H,27,31)(H,32,33,34). The van der Waals surface area contributed by atoms with Crippen LogP contribution in [0.4, 0.5) is 17.1 Å². The first-order chi connectivity index (χ1) is 17.1. The lowest BCUT2D eigenvalue weighted by molar-refractivity contribution is 0.102. The number of aromatic hydroxyl groups is 1.